The normalized spacial score (nSPS) is 9.75. The van der Waals surface area contributed by atoms with E-state index in [1.165, 1.54) is 0 Å². The van der Waals surface area contributed by atoms with Crippen LogP contribution in [-0.2, 0) is 6.54 Å². The summed E-state index contributed by atoms with van der Waals surface area (Å²) in [6, 6.07) is 7.26. The number of rotatable bonds is 3. The molecule has 2 rings (SSSR count). The summed E-state index contributed by atoms with van der Waals surface area (Å²) in [5, 5.41) is 8.72. The highest BCUT2D eigenvalue weighted by Crippen LogP contribution is 2.10. The third kappa shape index (κ3) is 2.17. The Morgan fingerprint density at radius 2 is 2.38 bits per heavy atom. The summed E-state index contributed by atoms with van der Waals surface area (Å²) in [4.78, 5) is 9.99. The van der Waals surface area contributed by atoms with E-state index in [9.17, 15) is 0 Å². The molecular formula is C11H10N4O. The van der Waals surface area contributed by atoms with E-state index in [0.717, 1.165) is 5.76 Å². The fourth-order valence-electron chi connectivity index (χ4n) is 1.30. The second-order valence-electron chi connectivity index (χ2n) is 3.29. The molecule has 0 radical (unpaired) electrons. The molecule has 2 heterocycles. The molecule has 0 unspecified atom stereocenters. The predicted molar refractivity (Wildman–Crippen MR) is 57.6 cm³/mol. The van der Waals surface area contributed by atoms with Gasteiger partial charge in [0.05, 0.1) is 12.8 Å². The van der Waals surface area contributed by atoms with Gasteiger partial charge in [0, 0.05) is 13.2 Å². The average molecular weight is 214 g/mol. The van der Waals surface area contributed by atoms with Crippen molar-refractivity contribution in [1.29, 1.82) is 5.26 Å². The number of anilines is 1. The van der Waals surface area contributed by atoms with Crippen LogP contribution in [0, 0.1) is 11.3 Å². The Hall–Kier alpha value is -2.35. The summed E-state index contributed by atoms with van der Waals surface area (Å²) in [6.45, 7) is 0.571. The molecule has 2 aromatic rings. The topological polar surface area (TPSA) is 66.0 Å². The van der Waals surface area contributed by atoms with Gasteiger partial charge in [-0.15, -0.1) is 0 Å². The van der Waals surface area contributed by atoms with Crippen LogP contribution < -0.4 is 4.90 Å². The fraction of sp³-hybridized carbons (Fsp3) is 0.182. The van der Waals surface area contributed by atoms with Gasteiger partial charge in [0.2, 0.25) is 5.95 Å². The summed E-state index contributed by atoms with van der Waals surface area (Å²) in [5.74, 6) is 1.34. The lowest BCUT2D eigenvalue weighted by Gasteiger charge is -2.14. The second-order valence-corrected chi connectivity index (χ2v) is 3.29. The van der Waals surface area contributed by atoms with Crippen LogP contribution >= 0.6 is 0 Å². The first-order valence-corrected chi connectivity index (χ1v) is 4.76. The lowest BCUT2D eigenvalue weighted by Crippen LogP contribution is -2.18. The standard InChI is InChI=1S/C11H10N4O/c1-15(8-10-3-2-6-16-10)11-13-5-4-9(7-12)14-11/h2-6H,8H2,1H3. The van der Waals surface area contributed by atoms with E-state index in [0.29, 0.717) is 18.2 Å². The molecule has 0 N–H and O–H groups in total. The van der Waals surface area contributed by atoms with Crippen molar-refractivity contribution in [2.24, 2.45) is 0 Å². The van der Waals surface area contributed by atoms with Crippen LogP contribution in [0.5, 0.6) is 0 Å². The molecule has 0 saturated carbocycles. The molecule has 0 atom stereocenters. The first kappa shape index (κ1) is 10.2. The predicted octanol–water partition coefficient (Wildman–Crippen LogP) is 1.58. The Labute approximate surface area is 93.0 Å². The van der Waals surface area contributed by atoms with Crippen LogP contribution in [0.1, 0.15) is 11.5 Å². The van der Waals surface area contributed by atoms with Crippen molar-refractivity contribution >= 4 is 5.95 Å². The van der Waals surface area contributed by atoms with E-state index in [-0.39, 0.29) is 0 Å². The zero-order chi connectivity index (χ0) is 11.4. The van der Waals surface area contributed by atoms with E-state index in [1.54, 1.807) is 18.5 Å². The van der Waals surface area contributed by atoms with Gasteiger partial charge >= 0.3 is 0 Å². The molecule has 0 spiro atoms. The van der Waals surface area contributed by atoms with Gasteiger partial charge in [-0.25, -0.2) is 9.97 Å². The molecule has 0 aromatic carbocycles. The summed E-state index contributed by atoms with van der Waals surface area (Å²) in [5.41, 5.74) is 0.358. The average Bonchev–Trinajstić information content (AvgIpc) is 2.82. The van der Waals surface area contributed by atoms with Gasteiger partial charge in [0.15, 0.2) is 0 Å². The van der Waals surface area contributed by atoms with Gasteiger partial charge in [0.25, 0.3) is 0 Å². The van der Waals surface area contributed by atoms with E-state index < -0.39 is 0 Å². The number of nitriles is 1. The Bertz CT molecular complexity index is 501. The highest BCUT2D eigenvalue weighted by Gasteiger charge is 2.07. The number of hydrogen-bond donors (Lipinski definition) is 0. The van der Waals surface area contributed by atoms with Crippen molar-refractivity contribution in [3.8, 4) is 6.07 Å². The van der Waals surface area contributed by atoms with E-state index in [2.05, 4.69) is 9.97 Å². The van der Waals surface area contributed by atoms with Crippen LogP contribution in [0.25, 0.3) is 0 Å². The molecule has 0 fully saturated rings. The molecule has 0 saturated heterocycles. The number of hydrogen-bond acceptors (Lipinski definition) is 5. The smallest absolute Gasteiger partial charge is 0.226 e. The van der Waals surface area contributed by atoms with Gasteiger partial charge in [-0.3, -0.25) is 0 Å². The minimum atomic E-state index is 0.358. The molecule has 0 amide bonds. The quantitative estimate of drug-likeness (QED) is 0.776. The summed E-state index contributed by atoms with van der Waals surface area (Å²) < 4.78 is 5.22. The maximum absolute atomic E-state index is 8.72. The van der Waals surface area contributed by atoms with Crippen molar-refractivity contribution in [3.63, 3.8) is 0 Å². The second kappa shape index (κ2) is 4.45. The molecule has 80 valence electrons. The molecule has 0 aliphatic carbocycles. The molecular weight excluding hydrogens is 204 g/mol. The van der Waals surface area contributed by atoms with Crippen LogP contribution in [0.15, 0.2) is 35.1 Å². The van der Waals surface area contributed by atoms with Gasteiger partial charge in [-0.1, -0.05) is 0 Å². The first-order chi connectivity index (χ1) is 7.79. The lowest BCUT2D eigenvalue weighted by atomic mass is 10.4. The molecule has 0 aliphatic rings. The van der Waals surface area contributed by atoms with E-state index >= 15 is 0 Å². The zero-order valence-corrected chi connectivity index (χ0v) is 8.79. The summed E-state index contributed by atoms with van der Waals surface area (Å²) >= 11 is 0. The van der Waals surface area contributed by atoms with Crippen molar-refractivity contribution in [3.05, 3.63) is 42.1 Å². The van der Waals surface area contributed by atoms with Crippen LogP contribution in [0.2, 0.25) is 0 Å². The number of nitrogens with zero attached hydrogens (tertiary/aromatic N) is 4. The maximum atomic E-state index is 8.72. The Morgan fingerprint density at radius 3 is 3.06 bits per heavy atom. The summed E-state index contributed by atoms with van der Waals surface area (Å²) in [7, 11) is 1.85. The van der Waals surface area contributed by atoms with Crippen molar-refractivity contribution < 1.29 is 4.42 Å². The minimum absolute atomic E-state index is 0.358. The SMILES string of the molecule is CN(Cc1ccco1)c1nccc(C#N)n1. The molecule has 0 aliphatic heterocycles. The number of furan rings is 1. The van der Waals surface area contributed by atoms with Crippen molar-refractivity contribution in [2.75, 3.05) is 11.9 Å². The third-order valence-electron chi connectivity index (χ3n) is 2.07. The highest BCUT2D eigenvalue weighted by molar-refractivity contribution is 5.32. The molecule has 0 bridgehead atoms. The summed E-state index contributed by atoms with van der Waals surface area (Å²) in [6.07, 6.45) is 3.19. The van der Waals surface area contributed by atoms with Gasteiger partial charge in [-0.05, 0) is 18.2 Å². The van der Waals surface area contributed by atoms with Crippen molar-refractivity contribution in [1.82, 2.24) is 9.97 Å². The highest BCUT2D eigenvalue weighted by atomic mass is 16.3. The largest absolute Gasteiger partial charge is 0.467 e. The fourth-order valence-corrected chi connectivity index (χ4v) is 1.30. The van der Waals surface area contributed by atoms with Crippen LogP contribution in [-0.4, -0.2) is 17.0 Å². The first-order valence-electron chi connectivity index (χ1n) is 4.76. The molecule has 2 aromatic heterocycles. The lowest BCUT2D eigenvalue weighted by molar-refractivity contribution is 0.506. The molecule has 16 heavy (non-hydrogen) atoms. The van der Waals surface area contributed by atoms with Gasteiger partial charge in [-0.2, -0.15) is 5.26 Å². The molecule has 5 heteroatoms. The van der Waals surface area contributed by atoms with Crippen molar-refractivity contribution in [2.45, 2.75) is 6.54 Å². The monoisotopic (exact) mass is 214 g/mol. The van der Waals surface area contributed by atoms with Gasteiger partial charge < -0.3 is 9.32 Å². The Balaban J connectivity index is 2.15. The van der Waals surface area contributed by atoms with Crippen LogP contribution in [0.3, 0.4) is 0 Å². The maximum Gasteiger partial charge on any atom is 0.226 e. The van der Waals surface area contributed by atoms with E-state index in [1.807, 2.05) is 30.1 Å². The third-order valence-corrected chi connectivity index (χ3v) is 2.07. The minimum Gasteiger partial charge on any atom is -0.467 e. The van der Waals surface area contributed by atoms with Gasteiger partial charge in [0.1, 0.15) is 17.5 Å². The Morgan fingerprint density at radius 1 is 1.50 bits per heavy atom. The number of aromatic nitrogens is 2. The zero-order valence-electron chi connectivity index (χ0n) is 8.79. The molecule has 5 nitrogen and oxygen atoms in total. The van der Waals surface area contributed by atoms with E-state index in [4.69, 9.17) is 9.68 Å². The Kier molecular flexibility index (Phi) is 2.83. The van der Waals surface area contributed by atoms with Crippen LogP contribution in [0.4, 0.5) is 5.95 Å².